The quantitative estimate of drug-likeness (QED) is 0.604. The second-order valence-electron chi connectivity index (χ2n) is 7.24. The van der Waals surface area contributed by atoms with E-state index in [1.807, 2.05) is 6.92 Å². The molecule has 0 amide bonds. The van der Waals surface area contributed by atoms with Crippen LogP contribution in [0.4, 0.5) is 0 Å². The Morgan fingerprint density at radius 1 is 1.08 bits per heavy atom. The number of benzene rings is 1. The molecule has 2 atom stereocenters. The lowest BCUT2D eigenvalue weighted by molar-refractivity contribution is -1.03. The Morgan fingerprint density at radius 2 is 1.77 bits per heavy atom. The third-order valence-corrected chi connectivity index (χ3v) is 6.84. The Bertz CT molecular complexity index is 770. The zero-order valence-electron chi connectivity index (χ0n) is 15.4. The van der Waals surface area contributed by atoms with Gasteiger partial charge in [0.25, 0.3) is 0 Å². The van der Waals surface area contributed by atoms with Crippen molar-refractivity contribution in [3.05, 3.63) is 58.3 Å². The summed E-state index contributed by atoms with van der Waals surface area (Å²) in [5.41, 5.74) is 1.38. The van der Waals surface area contributed by atoms with Gasteiger partial charge in [0.2, 0.25) is 10.0 Å². The fraction of sp³-hybridized carbons (Fsp3) is 0.474. The average molecular weight is 396 g/mol. The number of quaternary nitrogens is 2. The monoisotopic (exact) mass is 395 g/mol. The van der Waals surface area contributed by atoms with E-state index in [1.165, 1.54) is 21.6 Å². The molecule has 1 saturated heterocycles. The normalized spacial score (nSPS) is 23.5. The van der Waals surface area contributed by atoms with Gasteiger partial charge in [-0.15, -0.1) is 11.3 Å². The fourth-order valence-electron chi connectivity index (χ4n) is 3.97. The molecular formula is C19H29N3O2S2+2. The SMILES string of the molecule is C[C@H](NS(C)(=O)=O)[C@H](c1cccs1)[NH+]1CC[NH+](Cc2ccccc2)CC1. The molecule has 3 rings (SSSR count). The molecule has 2 aromatic rings. The highest BCUT2D eigenvalue weighted by Crippen LogP contribution is 2.20. The molecule has 5 nitrogen and oxygen atoms in total. The van der Waals surface area contributed by atoms with Crippen LogP contribution in [-0.4, -0.2) is 46.9 Å². The summed E-state index contributed by atoms with van der Waals surface area (Å²) in [4.78, 5) is 4.34. The van der Waals surface area contributed by atoms with E-state index in [2.05, 4.69) is 52.6 Å². The van der Waals surface area contributed by atoms with Crippen LogP contribution in [0.1, 0.15) is 23.4 Å². The summed E-state index contributed by atoms with van der Waals surface area (Å²) in [5.74, 6) is 0. The minimum Gasteiger partial charge on any atom is -0.322 e. The summed E-state index contributed by atoms with van der Waals surface area (Å²) >= 11 is 1.72. The fourth-order valence-corrected chi connectivity index (χ4v) is 5.77. The van der Waals surface area contributed by atoms with Crippen LogP contribution in [0.3, 0.4) is 0 Å². The second-order valence-corrected chi connectivity index (χ2v) is 10.0. The van der Waals surface area contributed by atoms with Crippen molar-refractivity contribution in [2.45, 2.75) is 25.6 Å². The highest BCUT2D eigenvalue weighted by atomic mass is 32.2. The molecule has 1 aromatic heterocycles. The third kappa shape index (κ3) is 5.37. The molecule has 2 heterocycles. The minimum absolute atomic E-state index is 0.116. The Morgan fingerprint density at radius 3 is 2.35 bits per heavy atom. The number of hydrogen-bond acceptors (Lipinski definition) is 3. The van der Waals surface area contributed by atoms with Gasteiger partial charge in [-0.3, -0.25) is 0 Å². The largest absolute Gasteiger partial charge is 0.322 e. The van der Waals surface area contributed by atoms with Gasteiger partial charge in [-0.2, -0.15) is 0 Å². The van der Waals surface area contributed by atoms with E-state index < -0.39 is 10.0 Å². The van der Waals surface area contributed by atoms with E-state index >= 15 is 0 Å². The number of nitrogens with one attached hydrogen (secondary N) is 3. The van der Waals surface area contributed by atoms with Crippen molar-refractivity contribution in [2.24, 2.45) is 0 Å². The first-order chi connectivity index (χ1) is 12.4. The third-order valence-electron chi connectivity index (χ3n) is 5.09. The summed E-state index contributed by atoms with van der Waals surface area (Å²) in [6, 6.07) is 14.9. The lowest BCUT2D eigenvalue weighted by Gasteiger charge is -2.36. The molecule has 1 aromatic carbocycles. The number of piperazine rings is 1. The molecule has 0 unspecified atom stereocenters. The van der Waals surface area contributed by atoms with Crippen LogP contribution < -0.4 is 14.5 Å². The van der Waals surface area contributed by atoms with Gasteiger partial charge in [0.05, 0.1) is 17.2 Å². The van der Waals surface area contributed by atoms with Crippen molar-refractivity contribution in [1.82, 2.24) is 4.72 Å². The maximum Gasteiger partial charge on any atom is 0.209 e. The first kappa shape index (κ1) is 19.5. The minimum atomic E-state index is -3.21. The van der Waals surface area contributed by atoms with Crippen LogP contribution in [0.15, 0.2) is 47.8 Å². The highest BCUT2D eigenvalue weighted by Gasteiger charge is 2.35. The van der Waals surface area contributed by atoms with Crippen LogP contribution in [0.25, 0.3) is 0 Å². The topological polar surface area (TPSA) is 55.0 Å². The number of hydrogen-bond donors (Lipinski definition) is 3. The molecular weight excluding hydrogens is 366 g/mol. The van der Waals surface area contributed by atoms with Gasteiger partial charge < -0.3 is 9.80 Å². The Hall–Kier alpha value is -1.25. The molecule has 1 aliphatic heterocycles. The molecule has 3 N–H and O–H groups in total. The van der Waals surface area contributed by atoms with Gasteiger partial charge in [-0.1, -0.05) is 36.4 Å². The van der Waals surface area contributed by atoms with Crippen molar-refractivity contribution >= 4 is 21.4 Å². The first-order valence-corrected chi connectivity index (χ1v) is 11.9. The van der Waals surface area contributed by atoms with E-state index in [-0.39, 0.29) is 12.1 Å². The molecule has 0 spiro atoms. The Balaban J connectivity index is 1.65. The summed E-state index contributed by atoms with van der Waals surface area (Å²) in [6.07, 6.45) is 1.24. The molecule has 0 radical (unpaired) electrons. The Kier molecular flexibility index (Phi) is 6.47. The molecule has 0 aliphatic carbocycles. The van der Waals surface area contributed by atoms with E-state index in [4.69, 9.17) is 0 Å². The van der Waals surface area contributed by atoms with Crippen LogP contribution in [0, 0.1) is 0 Å². The maximum absolute atomic E-state index is 11.7. The zero-order chi connectivity index (χ0) is 18.6. The van der Waals surface area contributed by atoms with Crippen molar-refractivity contribution in [1.29, 1.82) is 0 Å². The van der Waals surface area contributed by atoms with E-state index in [1.54, 1.807) is 16.2 Å². The van der Waals surface area contributed by atoms with Gasteiger partial charge in [0.1, 0.15) is 38.8 Å². The predicted molar refractivity (Wildman–Crippen MR) is 106 cm³/mol. The van der Waals surface area contributed by atoms with Crippen LogP contribution in [0.2, 0.25) is 0 Å². The van der Waals surface area contributed by atoms with Gasteiger partial charge in [-0.05, 0) is 18.4 Å². The highest BCUT2D eigenvalue weighted by molar-refractivity contribution is 7.88. The van der Waals surface area contributed by atoms with Gasteiger partial charge >= 0.3 is 0 Å². The van der Waals surface area contributed by atoms with E-state index in [0.29, 0.717) is 0 Å². The van der Waals surface area contributed by atoms with Gasteiger partial charge in [-0.25, -0.2) is 13.1 Å². The first-order valence-electron chi connectivity index (χ1n) is 9.15. The molecule has 7 heteroatoms. The predicted octanol–water partition coefficient (Wildman–Crippen LogP) is -0.289. The smallest absolute Gasteiger partial charge is 0.209 e. The van der Waals surface area contributed by atoms with Crippen molar-refractivity contribution in [3.8, 4) is 0 Å². The molecule has 26 heavy (non-hydrogen) atoms. The van der Waals surface area contributed by atoms with Crippen molar-refractivity contribution in [3.63, 3.8) is 0 Å². The zero-order valence-corrected chi connectivity index (χ0v) is 17.1. The molecule has 1 aliphatic rings. The van der Waals surface area contributed by atoms with E-state index in [9.17, 15) is 8.42 Å². The van der Waals surface area contributed by atoms with Gasteiger partial charge in [0.15, 0.2) is 0 Å². The summed E-state index contributed by atoms with van der Waals surface area (Å²) in [7, 11) is -3.21. The standard InChI is InChI=1S/C19H27N3O2S2/c1-16(20-26(2,23)24)19(18-9-6-14-25-18)22-12-10-21(11-13-22)15-17-7-4-3-5-8-17/h3-9,14,16,19-20H,10-13,15H2,1-2H3/p+2/t16-,19+/m0/s1. The van der Waals surface area contributed by atoms with Crippen molar-refractivity contribution in [2.75, 3.05) is 32.4 Å². The van der Waals surface area contributed by atoms with Crippen LogP contribution in [0.5, 0.6) is 0 Å². The Labute approximate surface area is 160 Å². The van der Waals surface area contributed by atoms with Crippen molar-refractivity contribution < 1.29 is 18.2 Å². The lowest BCUT2D eigenvalue weighted by atomic mass is 10.1. The number of sulfonamides is 1. The number of thiophene rings is 1. The molecule has 1 fully saturated rings. The maximum atomic E-state index is 11.7. The molecule has 0 saturated carbocycles. The average Bonchev–Trinajstić information content (AvgIpc) is 3.10. The van der Waals surface area contributed by atoms with Crippen LogP contribution in [-0.2, 0) is 16.6 Å². The second kappa shape index (κ2) is 8.63. The number of rotatable bonds is 7. The summed E-state index contributed by atoms with van der Waals surface area (Å²) in [5, 5.41) is 2.08. The summed E-state index contributed by atoms with van der Waals surface area (Å²) < 4.78 is 26.3. The summed E-state index contributed by atoms with van der Waals surface area (Å²) in [6.45, 7) is 7.38. The van der Waals surface area contributed by atoms with Crippen LogP contribution >= 0.6 is 11.3 Å². The van der Waals surface area contributed by atoms with Gasteiger partial charge in [0, 0.05) is 5.56 Å². The van der Waals surface area contributed by atoms with E-state index in [0.717, 1.165) is 32.7 Å². The molecule has 142 valence electrons. The lowest BCUT2D eigenvalue weighted by Crippen LogP contribution is -3.28. The molecule has 0 bridgehead atoms.